The summed E-state index contributed by atoms with van der Waals surface area (Å²) in [4.78, 5) is 8.22. The topological polar surface area (TPSA) is 75.9 Å². The van der Waals surface area contributed by atoms with E-state index in [1.807, 2.05) is 32.0 Å². The van der Waals surface area contributed by atoms with Crippen LogP contribution in [0.2, 0.25) is 5.02 Å². The van der Waals surface area contributed by atoms with Crippen molar-refractivity contribution < 1.29 is 0 Å². The van der Waals surface area contributed by atoms with Gasteiger partial charge in [-0.25, -0.2) is 0 Å². The second kappa shape index (κ2) is 5.75. The van der Waals surface area contributed by atoms with Crippen molar-refractivity contribution in [3.05, 3.63) is 34.9 Å². The first-order valence-corrected chi connectivity index (χ1v) is 6.38. The van der Waals surface area contributed by atoms with Crippen LogP contribution < -0.4 is 16.4 Å². The molecule has 5 nitrogen and oxygen atoms in total. The normalized spacial score (nSPS) is 10.3. The second-order valence-corrected chi connectivity index (χ2v) is 4.52. The SMILES string of the molecule is CCNc1cc(Nc2ccc(C)c(Cl)c2)nc(N)n1. The minimum atomic E-state index is 0.221. The smallest absolute Gasteiger partial charge is 0.223 e. The van der Waals surface area contributed by atoms with Crippen LogP contribution in [0, 0.1) is 6.92 Å². The van der Waals surface area contributed by atoms with E-state index in [2.05, 4.69) is 20.6 Å². The van der Waals surface area contributed by atoms with Gasteiger partial charge < -0.3 is 16.4 Å². The van der Waals surface area contributed by atoms with Gasteiger partial charge in [0, 0.05) is 23.3 Å². The lowest BCUT2D eigenvalue weighted by atomic mass is 10.2. The molecule has 0 radical (unpaired) electrons. The molecule has 0 aliphatic carbocycles. The van der Waals surface area contributed by atoms with Crippen molar-refractivity contribution in [2.75, 3.05) is 22.9 Å². The Labute approximate surface area is 117 Å². The zero-order chi connectivity index (χ0) is 13.8. The molecule has 0 bridgehead atoms. The third kappa shape index (κ3) is 3.48. The molecule has 0 aliphatic rings. The van der Waals surface area contributed by atoms with Gasteiger partial charge in [0.05, 0.1) is 0 Å². The summed E-state index contributed by atoms with van der Waals surface area (Å²) < 4.78 is 0. The first-order valence-electron chi connectivity index (χ1n) is 6.00. The van der Waals surface area contributed by atoms with Gasteiger partial charge >= 0.3 is 0 Å². The van der Waals surface area contributed by atoms with Crippen LogP contribution in [0.3, 0.4) is 0 Å². The van der Waals surface area contributed by atoms with Crippen molar-refractivity contribution in [2.24, 2.45) is 0 Å². The van der Waals surface area contributed by atoms with Crippen LogP contribution in [-0.4, -0.2) is 16.5 Å². The van der Waals surface area contributed by atoms with Gasteiger partial charge in [-0.15, -0.1) is 0 Å². The Hall–Kier alpha value is -2.01. The van der Waals surface area contributed by atoms with Gasteiger partial charge in [0.1, 0.15) is 11.6 Å². The predicted octanol–water partition coefficient (Wildman–Crippen LogP) is 3.20. The number of aryl methyl sites for hydroxylation is 1. The highest BCUT2D eigenvalue weighted by Gasteiger charge is 2.03. The lowest BCUT2D eigenvalue weighted by Gasteiger charge is -2.09. The summed E-state index contributed by atoms with van der Waals surface area (Å²) in [5.74, 6) is 1.54. The molecule has 0 fully saturated rings. The van der Waals surface area contributed by atoms with E-state index in [1.54, 1.807) is 6.07 Å². The average molecular weight is 278 g/mol. The molecule has 4 N–H and O–H groups in total. The number of aromatic nitrogens is 2. The van der Waals surface area contributed by atoms with Gasteiger partial charge in [0.25, 0.3) is 0 Å². The Morgan fingerprint density at radius 3 is 2.63 bits per heavy atom. The maximum absolute atomic E-state index is 6.08. The molecule has 100 valence electrons. The maximum Gasteiger partial charge on any atom is 0.223 e. The molecule has 0 saturated carbocycles. The fourth-order valence-corrected chi connectivity index (χ4v) is 1.80. The van der Waals surface area contributed by atoms with Crippen LogP contribution in [-0.2, 0) is 0 Å². The number of halogens is 1. The van der Waals surface area contributed by atoms with Crippen molar-refractivity contribution in [1.29, 1.82) is 0 Å². The maximum atomic E-state index is 6.08. The molecule has 0 atom stereocenters. The van der Waals surface area contributed by atoms with Gasteiger partial charge in [0.2, 0.25) is 5.95 Å². The van der Waals surface area contributed by atoms with E-state index in [9.17, 15) is 0 Å². The third-order valence-electron chi connectivity index (χ3n) is 2.55. The molecule has 0 aliphatic heterocycles. The monoisotopic (exact) mass is 277 g/mol. The van der Waals surface area contributed by atoms with Gasteiger partial charge in [-0.1, -0.05) is 17.7 Å². The van der Waals surface area contributed by atoms with Crippen LogP contribution in [0.5, 0.6) is 0 Å². The highest BCUT2D eigenvalue weighted by Crippen LogP contribution is 2.23. The lowest BCUT2D eigenvalue weighted by molar-refractivity contribution is 1.12. The Morgan fingerprint density at radius 2 is 1.95 bits per heavy atom. The fraction of sp³-hybridized carbons (Fsp3) is 0.231. The van der Waals surface area contributed by atoms with E-state index in [0.29, 0.717) is 16.7 Å². The zero-order valence-corrected chi connectivity index (χ0v) is 11.6. The average Bonchev–Trinajstić information content (AvgIpc) is 2.33. The second-order valence-electron chi connectivity index (χ2n) is 4.12. The van der Waals surface area contributed by atoms with E-state index in [-0.39, 0.29) is 5.95 Å². The molecular formula is C13H16ClN5. The Kier molecular flexibility index (Phi) is 4.06. The molecule has 1 aromatic carbocycles. The molecule has 1 heterocycles. The van der Waals surface area contributed by atoms with E-state index >= 15 is 0 Å². The van der Waals surface area contributed by atoms with Crippen LogP contribution in [0.4, 0.5) is 23.3 Å². The molecule has 6 heteroatoms. The predicted molar refractivity (Wildman–Crippen MR) is 80.1 cm³/mol. The minimum absolute atomic E-state index is 0.221. The van der Waals surface area contributed by atoms with E-state index < -0.39 is 0 Å². The highest BCUT2D eigenvalue weighted by molar-refractivity contribution is 6.31. The van der Waals surface area contributed by atoms with Crippen LogP contribution >= 0.6 is 11.6 Å². The van der Waals surface area contributed by atoms with Crippen molar-refractivity contribution >= 4 is 34.9 Å². The highest BCUT2D eigenvalue weighted by atomic mass is 35.5. The van der Waals surface area contributed by atoms with Gasteiger partial charge in [-0.3, -0.25) is 0 Å². The number of nitrogens with two attached hydrogens (primary N) is 1. The number of anilines is 4. The summed E-state index contributed by atoms with van der Waals surface area (Å²) in [7, 11) is 0. The Morgan fingerprint density at radius 1 is 1.21 bits per heavy atom. The summed E-state index contributed by atoms with van der Waals surface area (Å²) in [6, 6.07) is 7.53. The quantitative estimate of drug-likeness (QED) is 0.800. The minimum Gasteiger partial charge on any atom is -0.370 e. The number of nitrogens with zero attached hydrogens (tertiary/aromatic N) is 2. The first kappa shape index (κ1) is 13.4. The van der Waals surface area contributed by atoms with Crippen LogP contribution in [0.15, 0.2) is 24.3 Å². The van der Waals surface area contributed by atoms with Gasteiger partial charge in [-0.05, 0) is 31.5 Å². The van der Waals surface area contributed by atoms with Crippen molar-refractivity contribution in [3.8, 4) is 0 Å². The third-order valence-corrected chi connectivity index (χ3v) is 2.95. The molecular weight excluding hydrogens is 262 g/mol. The number of benzene rings is 1. The molecule has 1 aromatic heterocycles. The Bertz CT molecular complexity index is 585. The molecule has 0 amide bonds. The largest absolute Gasteiger partial charge is 0.370 e. The van der Waals surface area contributed by atoms with Gasteiger partial charge in [0.15, 0.2) is 0 Å². The van der Waals surface area contributed by atoms with E-state index in [0.717, 1.165) is 17.8 Å². The summed E-state index contributed by atoms with van der Waals surface area (Å²) >= 11 is 6.08. The van der Waals surface area contributed by atoms with Gasteiger partial charge in [-0.2, -0.15) is 9.97 Å². The first-order chi connectivity index (χ1) is 9.08. The summed E-state index contributed by atoms with van der Waals surface area (Å²) in [6.07, 6.45) is 0. The van der Waals surface area contributed by atoms with Crippen molar-refractivity contribution in [2.45, 2.75) is 13.8 Å². The molecule has 2 rings (SSSR count). The molecule has 0 saturated heterocycles. The molecule has 0 spiro atoms. The zero-order valence-electron chi connectivity index (χ0n) is 10.9. The molecule has 19 heavy (non-hydrogen) atoms. The summed E-state index contributed by atoms with van der Waals surface area (Å²) in [5.41, 5.74) is 7.56. The number of nitrogen functional groups attached to an aromatic ring is 1. The number of nitrogens with one attached hydrogen (secondary N) is 2. The fourth-order valence-electron chi connectivity index (χ4n) is 1.62. The van der Waals surface area contributed by atoms with Crippen LogP contribution in [0.25, 0.3) is 0 Å². The summed E-state index contributed by atoms with van der Waals surface area (Å²) in [6.45, 7) is 4.72. The number of hydrogen-bond acceptors (Lipinski definition) is 5. The standard InChI is InChI=1S/C13H16ClN5/c1-3-16-11-7-12(19-13(15)18-11)17-9-5-4-8(2)10(14)6-9/h4-7H,3H2,1-2H3,(H4,15,16,17,18,19). The Balaban J connectivity index is 2.24. The number of hydrogen-bond donors (Lipinski definition) is 3. The van der Waals surface area contributed by atoms with Crippen molar-refractivity contribution in [3.63, 3.8) is 0 Å². The van der Waals surface area contributed by atoms with Crippen molar-refractivity contribution in [1.82, 2.24) is 9.97 Å². The van der Waals surface area contributed by atoms with E-state index in [4.69, 9.17) is 17.3 Å². The van der Waals surface area contributed by atoms with Crippen LogP contribution in [0.1, 0.15) is 12.5 Å². The number of rotatable bonds is 4. The molecule has 2 aromatic rings. The van der Waals surface area contributed by atoms with E-state index in [1.165, 1.54) is 0 Å². The lowest BCUT2D eigenvalue weighted by Crippen LogP contribution is -2.05. The molecule has 0 unspecified atom stereocenters. The summed E-state index contributed by atoms with van der Waals surface area (Å²) in [5, 5.41) is 6.96.